The van der Waals surface area contributed by atoms with E-state index in [4.69, 9.17) is 9.57 Å². The monoisotopic (exact) mass is 398 g/mol. The van der Waals surface area contributed by atoms with Crippen LogP contribution in [0.15, 0.2) is 65.4 Å². The topological polar surface area (TPSA) is 68.2 Å². The van der Waals surface area contributed by atoms with Crippen molar-refractivity contribution in [3.8, 4) is 0 Å². The molecule has 2 aliphatic rings. The average molecular weight is 398 g/mol. The van der Waals surface area contributed by atoms with Crippen LogP contribution in [0.3, 0.4) is 0 Å². The Morgan fingerprint density at radius 1 is 1.31 bits per heavy atom. The molecule has 1 aromatic rings. The maximum absolute atomic E-state index is 13.1. The highest BCUT2D eigenvalue weighted by atomic mass is 19.1. The lowest BCUT2D eigenvalue weighted by Gasteiger charge is -2.18. The molecule has 29 heavy (non-hydrogen) atoms. The summed E-state index contributed by atoms with van der Waals surface area (Å²) < 4.78 is 18.2. The predicted octanol–water partition coefficient (Wildman–Crippen LogP) is 4.14. The number of imide groups is 1. The maximum atomic E-state index is 13.1. The van der Waals surface area contributed by atoms with Crippen LogP contribution in [0.4, 0.5) is 9.18 Å². The molecule has 0 spiro atoms. The van der Waals surface area contributed by atoms with Gasteiger partial charge in [0.25, 0.3) is 0 Å². The van der Waals surface area contributed by atoms with E-state index in [1.54, 1.807) is 12.1 Å². The van der Waals surface area contributed by atoms with E-state index in [1.807, 2.05) is 30.4 Å². The minimum absolute atomic E-state index is 0.161. The second-order valence-corrected chi connectivity index (χ2v) is 6.72. The number of nitrogens with zero attached hydrogens (tertiary/aromatic N) is 2. The van der Waals surface area contributed by atoms with Gasteiger partial charge in [-0.15, -0.1) is 0 Å². The fourth-order valence-electron chi connectivity index (χ4n) is 3.27. The lowest BCUT2D eigenvalue weighted by atomic mass is 10.0. The Labute approximate surface area is 169 Å². The summed E-state index contributed by atoms with van der Waals surface area (Å²) in [6.45, 7) is 0.164. The Hall–Kier alpha value is -3.22. The van der Waals surface area contributed by atoms with Crippen LogP contribution in [-0.4, -0.2) is 42.4 Å². The molecule has 0 aromatic heterocycles. The summed E-state index contributed by atoms with van der Waals surface area (Å²) >= 11 is 0. The van der Waals surface area contributed by atoms with Gasteiger partial charge in [-0.05, 0) is 42.5 Å². The van der Waals surface area contributed by atoms with Crippen molar-refractivity contribution in [3.63, 3.8) is 0 Å². The summed E-state index contributed by atoms with van der Waals surface area (Å²) in [6, 6.07) is 5.52. The highest BCUT2D eigenvalue weighted by Crippen LogP contribution is 2.21. The Bertz CT molecular complexity index is 871. The number of halogens is 1. The average Bonchev–Trinajstić information content (AvgIpc) is 3.09. The van der Waals surface area contributed by atoms with Crippen LogP contribution in [0.25, 0.3) is 0 Å². The zero-order valence-electron chi connectivity index (χ0n) is 16.2. The van der Waals surface area contributed by atoms with E-state index >= 15 is 0 Å². The van der Waals surface area contributed by atoms with Gasteiger partial charge in [-0.1, -0.05) is 47.7 Å². The first-order valence-corrected chi connectivity index (χ1v) is 9.47. The number of amides is 2. The smallest absolute Gasteiger partial charge is 0.417 e. The molecule has 0 bridgehead atoms. The molecule has 1 saturated heterocycles. The van der Waals surface area contributed by atoms with Crippen molar-refractivity contribution >= 4 is 17.7 Å². The van der Waals surface area contributed by atoms with Gasteiger partial charge in [0.2, 0.25) is 5.91 Å². The van der Waals surface area contributed by atoms with Gasteiger partial charge in [-0.25, -0.2) is 14.1 Å². The van der Waals surface area contributed by atoms with E-state index in [1.165, 1.54) is 24.1 Å². The largest absolute Gasteiger partial charge is 0.447 e. The maximum Gasteiger partial charge on any atom is 0.417 e. The van der Waals surface area contributed by atoms with Crippen molar-refractivity contribution in [1.29, 1.82) is 0 Å². The highest BCUT2D eigenvalue weighted by molar-refractivity contribution is 6.00. The first-order valence-electron chi connectivity index (χ1n) is 9.47. The van der Waals surface area contributed by atoms with Gasteiger partial charge < -0.3 is 9.57 Å². The highest BCUT2D eigenvalue weighted by Gasteiger charge is 2.36. The summed E-state index contributed by atoms with van der Waals surface area (Å²) in [5, 5.41) is 3.98. The number of ether oxygens (including phenoxy) is 1. The summed E-state index contributed by atoms with van der Waals surface area (Å²) in [4.78, 5) is 30.8. The lowest BCUT2D eigenvalue weighted by Crippen LogP contribution is -2.38. The van der Waals surface area contributed by atoms with E-state index in [-0.39, 0.29) is 24.8 Å². The fraction of sp³-hybridized carbons (Fsp3) is 0.318. The molecule has 1 fully saturated rings. The van der Waals surface area contributed by atoms with E-state index in [2.05, 4.69) is 5.16 Å². The second-order valence-electron chi connectivity index (χ2n) is 6.72. The van der Waals surface area contributed by atoms with E-state index < -0.39 is 12.1 Å². The molecule has 1 aromatic carbocycles. The lowest BCUT2D eigenvalue weighted by molar-refractivity contribution is -0.128. The number of allylic oxidation sites excluding steroid dienone is 5. The predicted molar refractivity (Wildman–Crippen MR) is 107 cm³/mol. The summed E-state index contributed by atoms with van der Waals surface area (Å²) in [5.74, 6) is -0.628. The summed E-state index contributed by atoms with van der Waals surface area (Å²) in [6.07, 6.45) is 11.0. The van der Waals surface area contributed by atoms with E-state index in [0.29, 0.717) is 18.6 Å². The number of hydrogen-bond donors (Lipinski definition) is 0. The van der Waals surface area contributed by atoms with Crippen molar-refractivity contribution in [1.82, 2.24) is 4.90 Å². The zero-order chi connectivity index (χ0) is 20.6. The Balaban J connectivity index is 1.60. The third kappa shape index (κ3) is 5.40. The Morgan fingerprint density at radius 2 is 2.10 bits per heavy atom. The molecule has 152 valence electrons. The van der Waals surface area contributed by atoms with Crippen molar-refractivity contribution in [2.75, 3.05) is 13.7 Å². The van der Waals surface area contributed by atoms with Crippen LogP contribution in [0.2, 0.25) is 0 Å². The van der Waals surface area contributed by atoms with E-state index in [0.717, 1.165) is 17.6 Å². The summed E-state index contributed by atoms with van der Waals surface area (Å²) in [7, 11) is 1.43. The Kier molecular flexibility index (Phi) is 6.94. The van der Waals surface area contributed by atoms with Gasteiger partial charge in [0.05, 0.1) is 11.8 Å². The van der Waals surface area contributed by atoms with Crippen LogP contribution in [0.1, 0.15) is 31.2 Å². The molecular weight excluding hydrogens is 375 g/mol. The number of rotatable bonds is 7. The molecule has 0 saturated carbocycles. The third-order valence-corrected chi connectivity index (χ3v) is 4.68. The standard InChI is InChI=1S/C22H23FN2O4/c1-28-24-20(17-10-12-18(23)13-11-17)8-5-9-21(26)25-19(15-29-22(25)27)14-16-6-3-2-4-7-16/h2-4,6,10-14,19H,5,7-9,15H2,1H3. The quantitative estimate of drug-likeness (QED) is 0.511. The van der Waals surface area contributed by atoms with Crippen LogP contribution >= 0.6 is 0 Å². The molecule has 1 aliphatic heterocycles. The van der Waals surface area contributed by atoms with Crippen molar-refractivity contribution in [3.05, 3.63) is 71.6 Å². The zero-order valence-corrected chi connectivity index (χ0v) is 16.2. The number of oxime groups is 1. The fourth-order valence-corrected chi connectivity index (χ4v) is 3.27. The molecule has 0 radical (unpaired) electrons. The first-order chi connectivity index (χ1) is 14.1. The molecule has 7 heteroatoms. The van der Waals surface area contributed by atoms with Crippen LogP contribution in [0.5, 0.6) is 0 Å². The van der Waals surface area contributed by atoms with Gasteiger partial charge in [0.1, 0.15) is 19.5 Å². The molecule has 1 atom stereocenters. The molecule has 3 rings (SSSR count). The number of benzene rings is 1. The van der Waals surface area contributed by atoms with E-state index in [9.17, 15) is 14.0 Å². The molecule has 6 nitrogen and oxygen atoms in total. The number of hydrogen-bond acceptors (Lipinski definition) is 5. The van der Waals surface area contributed by atoms with Gasteiger partial charge in [0, 0.05) is 6.42 Å². The molecule has 1 unspecified atom stereocenters. The van der Waals surface area contributed by atoms with Crippen molar-refractivity contribution in [2.45, 2.75) is 31.7 Å². The minimum Gasteiger partial charge on any atom is -0.447 e. The second kappa shape index (κ2) is 9.82. The SMILES string of the molecule is CON=C(CCCC(=O)N1C(=O)OCC1C=C1C=CC=CC1)c1ccc(F)cc1. The first kappa shape index (κ1) is 20.5. The molecule has 1 aliphatic carbocycles. The molecular formula is C22H23FN2O4. The van der Waals surface area contributed by atoms with Gasteiger partial charge >= 0.3 is 6.09 Å². The van der Waals surface area contributed by atoms with Gasteiger partial charge in [-0.3, -0.25) is 4.79 Å². The van der Waals surface area contributed by atoms with Gasteiger partial charge in [-0.2, -0.15) is 0 Å². The van der Waals surface area contributed by atoms with Gasteiger partial charge in [0.15, 0.2) is 0 Å². The summed E-state index contributed by atoms with van der Waals surface area (Å²) in [5.41, 5.74) is 2.38. The Morgan fingerprint density at radius 3 is 2.79 bits per heavy atom. The number of carbonyl (C=O) groups is 2. The molecule has 1 heterocycles. The minimum atomic E-state index is -0.614. The van der Waals surface area contributed by atoms with Crippen LogP contribution in [-0.2, 0) is 14.4 Å². The van der Waals surface area contributed by atoms with Crippen LogP contribution in [0, 0.1) is 5.82 Å². The van der Waals surface area contributed by atoms with Crippen molar-refractivity contribution < 1.29 is 23.6 Å². The third-order valence-electron chi connectivity index (χ3n) is 4.68. The van der Waals surface area contributed by atoms with Crippen LogP contribution < -0.4 is 0 Å². The van der Waals surface area contributed by atoms with Crippen molar-refractivity contribution in [2.24, 2.45) is 5.16 Å². The molecule has 0 N–H and O–H groups in total. The molecule has 2 amide bonds. The number of cyclic esters (lactones) is 1. The number of carbonyl (C=O) groups excluding carboxylic acids is 2. The normalized spacial score (nSPS) is 20.3.